The highest BCUT2D eigenvalue weighted by Crippen LogP contribution is 2.41. The first-order valence-electron chi connectivity index (χ1n) is 7.79. The maximum Gasteiger partial charge on any atom is 0.0305 e. The molecule has 0 bridgehead atoms. The Balaban J connectivity index is 1.96. The Kier molecular flexibility index (Phi) is 5.36. The lowest BCUT2D eigenvalue weighted by atomic mass is 9.99. The van der Waals surface area contributed by atoms with Gasteiger partial charge in [0, 0.05) is 16.1 Å². The lowest BCUT2D eigenvalue weighted by Gasteiger charge is -2.39. The first-order chi connectivity index (χ1) is 7.79. The summed E-state index contributed by atoms with van der Waals surface area (Å²) in [6.45, 7) is 2.74. The van der Waals surface area contributed by atoms with Crippen molar-refractivity contribution in [3.63, 3.8) is 0 Å². The van der Waals surface area contributed by atoms with Crippen molar-refractivity contribution in [3.05, 3.63) is 0 Å². The highest BCUT2D eigenvalue weighted by molar-refractivity contribution is 7.41. The molecule has 0 aromatic rings. The Bertz CT molecular complexity index is 175. The van der Waals surface area contributed by atoms with Crippen molar-refractivity contribution in [2.24, 2.45) is 0 Å². The highest BCUT2D eigenvalue weighted by atomic mass is 29.6. The molecule has 94 valence electrons. The first-order valence-corrected chi connectivity index (χ1v) is 17.6. The van der Waals surface area contributed by atoms with E-state index in [4.69, 9.17) is 0 Å². The third-order valence-electron chi connectivity index (χ3n) is 5.16. The standard InChI is InChI=1S/C13H30Si3/c1-15(14)16(12-8-4-2-5-9-12)13-10-6-3-7-11-13/h12-13,15-16H,2-11H2,1,14H3. The van der Waals surface area contributed by atoms with Gasteiger partial charge in [-0.05, 0) is 9.76 Å². The summed E-state index contributed by atoms with van der Waals surface area (Å²) in [4.78, 5) is 0. The van der Waals surface area contributed by atoms with Gasteiger partial charge in [-0.3, -0.25) is 0 Å². The average molecular weight is 271 g/mol. The van der Waals surface area contributed by atoms with E-state index in [0.717, 1.165) is 0 Å². The second kappa shape index (κ2) is 6.55. The van der Waals surface area contributed by atoms with Gasteiger partial charge in [-0.2, -0.15) is 0 Å². The van der Waals surface area contributed by atoms with Crippen molar-refractivity contribution in [2.75, 3.05) is 0 Å². The number of hydrogen-bond donors (Lipinski definition) is 0. The lowest BCUT2D eigenvalue weighted by molar-refractivity contribution is 0.466. The minimum atomic E-state index is -0.269. The molecular formula is C13H30Si3. The van der Waals surface area contributed by atoms with Gasteiger partial charge in [0.25, 0.3) is 0 Å². The van der Waals surface area contributed by atoms with Gasteiger partial charge in [0.1, 0.15) is 0 Å². The lowest BCUT2D eigenvalue weighted by Crippen LogP contribution is -2.43. The molecule has 0 heterocycles. The van der Waals surface area contributed by atoms with Crippen LogP contribution in [0.4, 0.5) is 0 Å². The SMILES string of the molecule is C[SiH]([SiH3])[SiH](C1CCCCC1)C1CCCCC1. The maximum absolute atomic E-state index is 2.74. The normalized spacial score (nSPS) is 27.4. The first kappa shape index (κ1) is 13.1. The van der Waals surface area contributed by atoms with E-state index in [9.17, 15) is 0 Å². The van der Waals surface area contributed by atoms with Crippen molar-refractivity contribution < 1.29 is 0 Å². The number of hydrogen-bond acceptors (Lipinski definition) is 0. The highest BCUT2D eigenvalue weighted by Gasteiger charge is 2.34. The minimum absolute atomic E-state index is 0.154. The van der Waals surface area contributed by atoms with Crippen molar-refractivity contribution in [3.8, 4) is 0 Å². The summed E-state index contributed by atoms with van der Waals surface area (Å²) >= 11 is 0. The van der Waals surface area contributed by atoms with E-state index in [2.05, 4.69) is 6.55 Å². The van der Waals surface area contributed by atoms with Crippen LogP contribution in [0, 0.1) is 0 Å². The van der Waals surface area contributed by atoms with E-state index in [-0.39, 0.29) is 16.1 Å². The van der Waals surface area contributed by atoms with E-state index in [1.54, 1.807) is 74.0 Å². The Morgan fingerprint density at radius 1 is 0.750 bits per heavy atom. The van der Waals surface area contributed by atoms with E-state index >= 15 is 0 Å². The zero-order chi connectivity index (χ0) is 11.4. The molecule has 0 spiro atoms. The Hall–Kier alpha value is 0.651. The van der Waals surface area contributed by atoms with E-state index in [1.165, 1.54) is 11.1 Å². The monoisotopic (exact) mass is 270 g/mol. The fourth-order valence-corrected chi connectivity index (χ4v) is 28.6. The van der Waals surface area contributed by atoms with Crippen molar-refractivity contribution in [1.29, 1.82) is 0 Å². The molecule has 0 aliphatic heterocycles. The molecule has 0 aromatic carbocycles. The van der Waals surface area contributed by atoms with Gasteiger partial charge < -0.3 is 0 Å². The second-order valence-electron chi connectivity index (χ2n) is 6.62. The predicted octanol–water partition coefficient (Wildman–Crippen LogP) is 2.68. The maximum atomic E-state index is 2.74. The summed E-state index contributed by atoms with van der Waals surface area (Å²) in [5.41, 5.74) is 2.63. The molecular weight excluding hydrogens is 240 g/mol. The van der Waals surface area contributed by atoms with Crippen LogP contribution in [-0.4, -0.2) is 25.9 Å². The predicted molar refractivity (Wildman–Crippen MR) is 83.8 cm³/mol. The molecule has 0 N–H and O–H groups in total. The van der Waals surface area contributed by atoms with Crippen LogP contribution in [0.1, 0.15) is 64.2 Å². The van der Waals surface area contributed by atoms with Gasteiger partial charge >= 0.3 is 0 Å². The molecule has 0 radical (unpaired) electrons. The van der Waals surface area contributed by atoms with Crippen LogP contribution in [0.5, 0.6) is 0 Å². The molecule has 16 heavy (non-hydrogen) atoms. The summed E-state index contributed by atoms with van der Waals surface area (Å²) in [5, 5.41) is 0. The Labute approximate surface area is 108 Å². The van der Waals surface area contributed by atoms with E-state index in [1.807, 2.05) is 0 Å². The second-order valence-corrected chi connectivity index (χ2v) is 27.9. The van der Waals surface area contributed by atoms with Gasteiger partial charge in [-0.15, -0.1) is 0 Å². The van der Waals surface area contributed by atoms with Gasteiger partial charge in [0.2, 0.25) is 0 Å². The third-order valence-corrected chi connectivity index (χ3v) is 25.0. The molecule has 2 fully saturated rings. The molecule has 2 aliphatic rings. The molecule has 0 saturated heterocycles. The van der Waals surface area contributed by atoms with E-state index < -0.39 is 0 Å². The molecule has 0 aromatic heterocycles. The molecule has 1 unspecified atom stereocenters. The fourth-order valence-electron chi connectivity index (χ4n) is 4.51. The largest absolute Gasteiger partial charge is 0.0766 e. The smallest absolute Gasteiger partial charge is 0.0305 e. The number of rotatable bonds is 3. The molecule has 3 heteroatoms. The summed E-state index contributed by atoms with van der Waals surface area (Å²) in [6, 6.07) is 0. The van der Waals surface area contributed by atoms with E-state index in [0.29, 0.717) is 0 Å². The van der Waals surface area contributed by atoms with Crippen molar-refractivity contribution >= 4 is 25.9 Å². The van der Waals surface area contributed by atoms with Crippen LogP contribution >= 0.6 is 0 Å². The Morgan fingerprint density at radius 2 is 1.12 bits per heavy atom. The van der Waals surface area contributed by atoms with Gasteiger partial charge in [-0.25, -0.2) is 0 Å². The summed E-state index contributed by atoms with van der Waals surface area (Å²) in [5.74, 6) is 0. The molecule has 2 rings (SSSR count). The summed E-state index contributed by atoms with van der Waals surface area (Å²) < 4.78 is 0. The van der Waals surface area contributed by atoms with Crippen LogP contribution in [0.3, 0.4) is 0 Å². The minimum Gasteiger partial charge on any atom is -0.0766 e. The van der Waals surface area contributed by atoms with Gasteiger partial charge in [0.05, 0.1) is 0 Å². The average Bonchev–Trinajstić information content (AvgIpc) is 2.31. The topological polar surface area (TPSA) is 0 Å². The fraction of sp³-hybridized carbons (Fsp3) is 1.00. The van der Waals surface area contributed by atoms with Crippen molar-refractivity contribution in [2.45, 2.75) is 81.8 Å². The zero-order valence-electron chi connectivity index (χ0n) is 11.4. The van der Waals surface area contributed by atoms with Gasteiger partial charge in [-0.1, -0.05) is 81.8 Å². The van der Waals surface area contributed by atoms with Crippen LogP contribution < -0.4 is 0 Å². The van der Waals surface area contributed by atoms with Crippen molar-refractivity contribution in [1.82, 2.24) is 0 Å². The molecule has 0 amide bonds. The zero-order valence-corrected chi connectivity index (χ0v) is 15.7. The molecule has 1 atom stereocenters. The quantitative estimate of drug-likeness (QED) is 0.692. The molecule has 2 aliphatic carbocycles. The summed E-state index contributed by atoms with van der Waals surface area (Å²) in [7, 11) is 1.20. The Morgan fingerprint density at radius 3 is 1.44 bits per heavy atom. The molecule has 0 nitrogen and oxygen atoms in total. The summed E-state index contributed by atoms with van der Waals surface area (Å²) in [6.07, 6.45) is 16.1. The van der Waals surface area contributed by atoms with Gasteiger partial charge in [0.15, 0.2) is 0 Å². The molecule has 2 saturated carbocycles. The van der Waals surface area contributed by atoms with Crippen LogP contribution in [0.15, 0.2) is 0 Å². The van der Waals surface area contributed by atoms with Crippen LogP contribution in [0.2, 0.25) is 17.6 Å². The van der Waals surface area contributed by atoms with Crippen LogP contribution in [0.25, 0.3) is 0 Å². The van der Waals surface area contributed by atoms with Crippen LogP contribution in [-0.2, 0) is 0 Å². The third kappa shape index (κ3) is 3.33.